The van der Waals surface area contributed by atoms with Gasteiger partial charge < -0.3 is 14.7 Å². The van der Waals surface area contributed by atoms with Gasteiger partial charge in [0.05, 0.1) is 11.6 Å². The number of carbonyl (C=O) groups is 1. The van der Waals surface area contributed by atoms with Crippen LogP contribution in [0.25, 0.3) is 0 Å². The van der Waals surface area contributed by atoms with Gasteiger partial charge in [-0.1, -0.05) is 5.16 Å². The van der Waals surface area contributed by atoms with Crippen molar-refractivity contribution < 1.29 is 9.32 Å². The smallest absolute Gasteiger partial charge is 0.230 e. The molecule has 0 bridgehead atoms. The van der Waals surface area contributed by atoms with Crippen LogP contribution in [0, 0.1) is 13.8 Å². The summed E-state index contributed by atoms with van der Waals surface area (Å²) in [4.78, 5) is 14.7. The first-order valence-electron chi connectivity index (χ1n) is 8.32. The molecule has 1 fully saturated rings. The highest BCUT2D eigenvalue weighted by molar-refractivity contribution is 5.84. The molecule has 2 aromatic heterocycles. The first-order valence-corrected chi connectivity index (χ1v) is 8.32. The van der Waals surface area contributed by atoms with Crippen molar-refractivity contribution in [3.63, 3.8) is 0 Å². The van der Waals surface area contributed by atoms with E-state index in [1.165, 1.54) is 0 Å². The molecule has 1 saturated heterocycles. The maximum Gasteiger partial charge on any atom is 0.230 e. The lowest BCUT2D eigenvalue weighted by Crippen LogP contribution is -2.44. The molecule has 7 heteroatoms. The zero-order valence-electron chi connectivity index (χ0n) is 14.3. The van der Waals surface area contributed by atoms with E-state index in [0.717, 1.165) is 48.8 Å². The molecule has 1 N–H and O–H groups in total. The van der Waals surface area contributed by atoms with Crippen molar-refractivity contribution in [3.05, 3.63) is 35.3 Å². The predicted molar refractivity (Wildman–Crippen MR) is 89.6 cm³/mol. The van der Waals surface area contributed by atoms with Gasteiger partial charge in [0.2, 0.25) is 5.91 Å². The zero-order chi connectivity index (χ0) is 17.1. The third-order valence-corrected chi connectivity index (χ3v) is 4.62. The molecule has 3 rings (SSSR count). The summed E-state index contributed by atoms with van der Waals surface area (Å²) in [5, 5.41) is 15.3. The van der Waals surface area contributed by atoms with Crippen molar-refractivity contribution in [1.82, 2.24) is 20.3 Å². The Morgan fingerprint density at radius 3 is 2.71 bits per heavy atom. The van der Waals surface area contributed by atoms with Crippen LogP contribution in [0.2, 0.25) is 0 Å². The fourth-order valence-electron chi connectivity index (χ4n) is 3.34. The number of likely N-dealkylation sites (tertiary alicyclic amines) is 1. The average Bonchev–Trinajstić information content (AvgIpc) is 2.94. The van der Waals surface area contributed by atoms with Crippen LogP contribution in [0.1, 0.15) is 42.7 Å². The maximum atomic E-state index is 12.8. The topological polar surface area (TPSA) is 84.2 Å². The lowest BCUT2D eigenvalue weighted by molar-refractivity contribution is -0.133. The van der Waals surface area contributed by atoms with Gasteiger partial charge in [-0.25, -0.2) is 0 Å². The Labute approximate surface area is 141 Å². The first-order chi connectivity index (χ1) is 11.6. The van der Waals surface area contributed by atoms with Crippen molar-refractivity contribution in [3.8, 4) is 0 Å². The van der Waals surface area contributed by atoms with E-state index in [0.29, 0.717) is 6.04 Å². The fraction of sp³-hybridized carbons (Fsp3) is 0.529. The van der Waals surface area contributed by atoms with Crippen LogP contribution in [0.5, 0.6) is 0 Å². The Bertz CT molecular complexity index is 673. The van der Waals surface area contributed by atoms with Crippen LogP contribution in [-0.2, 0) is 4.79 Å². The molecule has 128 valence electrons. The molecule has 1 aliphatic heterocycles. The molecular formula is C17H23N5O2. The summed E-state index contributed by atoms with van der Waals surface area (Å²) in [6, 6.07) is 4.09. The second-order valence-electron chi connectivity index (χ2n) is 6.31. The summed E-state index contributed by atoms with van der Waals surface area (Å²) < 4.78 is 5.19. The normalized spacial score (nSPS) is 16.9. The van der Waals surface area contributed by atoms with E-state index >= 15 is 0 Å². The van der Waals surface area contributed by atoms with E-state index in [9.17, 15) is 4.79 Å². The van der Waals surface area contributed by atoms with Crippen molar-refractivity contribution >= 4 is 11.7 Å². The van der Waals surface area contributed by atoms with Gasteiger partial charge in [-0.05, 0) is 45.7 Å². The SMILES string of the molecule is Cc1noc(C)c1[C@H](C)C(=O)N1CCC(Nc2cccnn2)CC1. The van der Waals surface area contributed by atoms with Gasteiger partial charge in [-0.3, -0.25) is 4.79 Å². The molecule has 1 aliphatic rings. The number of nitrogens with one attached hydrogen (secondary N) is 1. The summed E-state index contributed by atoms with van der Waals surface area (Å²) in [5.74, 6) is 1.43. The predicted octanol–water partition coefficient (Wildman–Crippen LogP) is 2.29. The third kappa shape index (κ3) is 3.39. The number of carbonyl (C=O) groups excluding carboxylic acids is 1. The second kappa shape index (κ2) is 6.98. The van der Waals surface area contributed by atoms with Gasteiger partial charge in [0.25, 0.3) is 0 Å². The van der Waals surface area contributed by atoms with Gasteiger partial charge in [0.15, 0.2) is 0 Å². The highest BCUT2D eigenvalue weighted by Gasteiger charge is 2.29. The average molecular weight is 329 g/mol. The summed E-state index contributed by atoms with van der Waals surface area (Å²) >= 11 is 0. The number of hydrogen-bond acceptors (Lipinski definition) is 6. The maximum absolute atomic E-state index is 12.8. The van der Waals surface area contributed by atoms with Gasteiger partial charge in [0, 0.05) is 30.9 Å². The molecule has 0 aromatic carbocycles. The number of amides is 1. The first kappa shape index (κ1) is 16.4. The molecule has 2 aromatic rings. The van der Waals surface area contributed by atoms with Gasteiger partial charge in [-0.15, -0.1) is 5.10 Å². The molecule has 0 radical (unpaired) electrons. The number of aryl methyl sites for hydroxylation is 2. The van der Waals surface area contributed by atoms with Crippen molar-refractivity contribution in [2.24, 2.45) is 0 Å². The summed E-state index contributed by atoms with van der Waals surface area (Å²) in [7, 11) is 0. The largest absolute Gasteiger partial charge is 0.366 e. The van der Waals surface area contributed by atoms with Crippen LogP contribution in [-0.4, -0.2) is 45.3 Å². The molecule has 0 spiro atoms. The molecule has 24 heavy (non-hydrogen) atoms. The van der Waals surface area contributed by atoms with Gasteiger partial charge in [-0.2, -0.15) is 5.10 Å². The van der Waals surface area contributed by atoms with Crippen molar-refractivity contribution in [2.75, 3.05) is 18.4 Å². The standard InChI is InChI=1S/C17H23N5O2/c1-11(16-12(2)21-24-13(16)3)17(23)22-9-6-14(7-10-22)19-15-5-4-8-18-20-15/h4-5,8,11,14H,6-7,9-10H2,1-3H3,(H,19,20)/t11-/m0/s1. The summed E-state index contributed by atoms with van der Waals surface area (Å²) in [6.45, 7) is 7.15. The zero-order valence-corrected chi connectivity index (χ0v) is 14.3. The molecule has 1 amide bonds. The molecule has 1 atom stereocenters. The molecule has 3 heterocycles. The number of hydrogen-bond donors (Lipinski definition) is 1. The number of nitrogens with zero attached hydrogens (tertiary/aromatic N) is 4. The van der Waals surface area contributed by atoms with E-state index in [1.54, 1.807) is 6.20 Å². The number of anilines is 1. The van der Waals surface area contributed by atoms with Crippen LogP contribution in [0.4, 0.5) is 5.82 Å². The lowest BCUT2D eigenvalue weighted by Gasteiger charge is -2.34. The Morgan fingerprint density at radius 2 is 2.12 bits per heavy atom. The van der Waals surface area contributed by atoms with E-state index in [2.05, 4.69) is 20.7 Å². The summed E-state index contributed by atoms with van der Waals surface area (Å²) in [5.41, 5.74) is 1.72. The van der Waals surface area contributed by atoms with Crippen molar-refractivity contribution in [1.29, 1.82) is 0 Å². The van der Waals surface area contributed by atoms with E-state index in [-0.39, 0.29) is 11.8 Å². The van der Waals surface area contributed by atoms with Crippen LogP contribution < -0.4 is 5.32 Å². The number of aromatic nitrogens is 3. The highest BCUT2D eigenvalue weighted by atomic mass is 16.5. The fourth-order valence-corrected chi connectivity index (χ4v) is 3.34. The quantitative estimate of drug-likeness (QED) is 0.926. The van der Waals surface area contributed by atoms with E-state index in [1.807, 2.05) is 37.8 Å². The van der Waals surface area contributed by atoms with Crippen LogP contribution >= 0.6 is 0 Å². The van der Waals surface area contributed by atoms with E-state index < -0.39 is 0 Å². The minimum Gasteiger partial charge on any atom is -0.366 e. The third-order valence-electron chi connectivity index (χ3n) is 4.62. The molecule has 0 saturated carbocycles. The molecular weight excluding hydrogens is 306 g/mol. The molecule has 0 aliphatic carbocycles. The molecule has 0 unspecified atom stereocenters. The van der Waals surface area contributed by atoms with Crippen LogP contribution in [0.15, 0.2) is 22.9 Å². The van der Waals surface area contributed by atoms with Crippen LogP contribution in [0.3, 0.4) is 0 Å². The Balaban J connectivity index is 1.57. The number of rotatable bonds is 4. The minimum atomic E-state index is -0.222. The van der Waals surface area contributed by atoms with Gasteiger partial charge >= 0.3 is 0 Å². The highest BCUT2D eigenvalue weighted by Crippen LogP contribution is 2.26. The number of piperidine rings is 1. The lowest BCUT2D eigenvalue weighted by atomic mass is 9.96. The van der Waals surface area contributed by atoms with Crippen molar-refractivity contribution in [2.45, 2.75) is 45.6 Å². The summed E-state index contributed by atoms with van der Waals surface area (Å²) in [6.07, 6.45) is 3.45. The minimum absolute atomic E-state index is 0.141. The van der Waals surface area contributed by atoms with Gasteiger partial charge in [0.1, 0.15) is 11.6 Å². The monoisotopic (exact) mass is 329 g/mol. The Hall–Kier alpha value is -2.44. The van der Waals surface area contributed by atoms with E-state index in [4.69, 9.17) is 4.52 Å². The second-order valence-corrected chi connectivity index (χ2v) is 6.31. The molecule has 7 nitrogen and oxygen atoms in total. The Kier molecular flexibility index (Phi) is 4.78. The Morgan fingerprint density at radius 1 is 1.38 bits per heavy atom.